The molecule has 29 heavy (non-hydrogen) atoms. The van der Waals surface area contributed by atoms with Gasteiger partial charge in [-0.15, -0.1) is 0 Å². The molecule has 1 atom stereocenters. The maximum atomic E-state index is 12.5. The average Bonchev–Trinajstić information content (AvgIpc) is 2.74. The lowest BCUT2D eigenvalue weighted by Gasteiger charge is -2.26. The second-order valence-electron chi connectivity index (χ2n) is 7.77. The molecule has 6 heteroatoms. The van der Waals surface area contributed by atoms with Crippen molar-refractivity contribution in [3.05, 3.63) is 53.6 Å². The molecule has 6 nitrogen and oxygen atoms in total. The van der Waals surface area contributed by atoms with Gasteiger partial charge in [-0.1, -0.05) is 24.3 Å². The molecule has 154 valence electrons. The van der Waals surface area contributed by atoms with Gasteiger partial charge in [-0.2, -0.15) is 0 Å². The molecule has 2 N–H and O–H groups in total. The lowest BCUT2D eigenvalue weighted by atomic mass is 10.0. The Morgan fingerprint density at radius 1 is 1.17 bits per heavy atom. The molecular formula is C23H28N2O4. The van der Waals surface area contributed by atoms with Gasteiger partial charge in [0.25, 0.3) is 0 Å². The van der Waals surface area contributed by atoms with E-state index in [1.54, 1.807) is 0 Å². The Balaban J connectivity index is 1.31. The molecule has 1 fully saturated rings. The first-order chi connectivity index (χ1) is 14.2. The van der Waals surface area contributed by atoms with E-state index in [-0.39, 0.29) is 12.1 Å². The quantitative estimate of drug-likeness (QED) is 0.804. The van der Waals surface area contributed by atoms with Gasteiger partial charge in [-0.25, -0.2) is 4.79 Å². The van der Waals surface area contributed by atoms with E-state index in [2.05, 4.69) is 10.6 Å². The summed E-state index contributed by atoms with van der Waals surface area (Å²) in [7, 11) is 0. The minimum atomic E-state index is -0.239. The van der Waals surface area contributed by atoms with Gasteiger partial charge in [-0.05, 0) is 55.4 Å². The van der Waals surface area contributed by atoms with Crippen molar-refractivity contribution in [3.63, 3.8) is 0 Å². The Kier molecular flexibility index (Phi) is 6.20. The second kappa shape index (κ2) is 9.18. The molecule has 2 heterocycles. The lowest BCUT2D eigenvalue weighted by molar-refractivity contribution is 0.0496. The van der Waals surface area contributed by atoms with Gasteiger partial charge in [0.2, 0.25) is 0 Å². The Hall–Kier alpha value is -2.73. The predicted molar refractivity (Wildman–Crippen MR) is 112 cm³/mol. The third-order valence-electron chi connectivity index (χ3n) is 5.48. The zero-order valence-corrected chi connectivity index (χ0v) is 16.8. The van der Waals surface area contributed by atoms with Crippen LogP contribution in [-0.2, 0) is 11.2 Å². The number of fused-ring (bicyclic) bond motifs is 1. The lowest BCUT2D eigenvalue weighted by Crippen LogP contribution is -2.44. The van der Waals surface area contributed by atoms with E-state index in [9.17, 15) is 4.79 Å². The number of urea groups is 1. The molecule has 0 aromatic heterocycles. The molecule has 2 amide bonds. The van der Waals surface area contributed by atoms with Gasteiger partial charge in [-0.3, -0.25) is 0 Å². The summed E-state index contributed by atoms with van der Waals surface area (Å²) in [5.74, 6) is 2.23. The van der Waals surface area contributed by atoms with Gasteiger partial charge in [0.05, 0.1) is 12.6 Å². The highest BCUT2D eigenvalue weighted by Crippen LogP contribution is 2.26. The number of para-hydroxylation sites is 1. The van der Waals surface area contributed by atoms with Crippen LogP contribution in [0.15, 0.2) is 42.5 Å². The number of hydrogen-bond donors (Lipinski definition) is 2. The SMILES string of the molecule is Cc1ccc(NC(=O)NC2COc3ccccc3C2)cc1OCC1CCOCC1. The van der Waals surface area contributed by atoms with Gasteiger partial charge < -0.3 is 24.8 Å². The van der Waals surface area contributed by atoms with Crippen LogP contribution < -0.4 is 20.1 Å². The third kappa shape index (κ3) is 5.21. The highest BCUT2D eigenvalue weighted by atomic mass is 16.5. The van der Waals surface area contributed by atoms with E-state index in [1.807, 2.05) is 49.4 Å². The summed E-state index contributed by atoms with van der Waals surface area (Å²) in [5, 5.41) is 5.91. The number of anilines is 1. The average molecular weight is 396 g/mol. The standard InChI is InChI=1S/C23H28N2O4/c1-16-6-7-19(13-22(16)28-14-17-8-10-27-11-9-17)24-23(26)25-20-12-18-4-2-3-5-21(18)29-15-20/h2-7,13,17,20H,8-12,14-15H2,1H3,(H2,24,25,26). The van der Waals surface area contributed by atoms with Gasteiger partial charge in [0.15, 0.2) is 0 Å². The van der Waals surface area contributed by atoms with E-state index in [1.165, 1.54) is 0 Å². The Bertz CT molecular complexity index is 849. The van der Waals surface area contributed by atoms with Crippen LogP contribution >= 0.6 is 0 Å². The number of amides is 2. The van der Waals surface area contributed by atoms with E-state index >= 15 is 0 Å². The van der Waals surface area contributed by atoms with E-state index < -0.39 is 0 Å². The molecule has 2 aromatic rings. The van der Waals surface area contributed by atoms with Crippen LogP contribution in [0.2, 0.25) is 0 Å². The normalized spacial score (nSPS) is 19.0. The number of hydrogen-bond acceptors (Lipinski definition) is 4. The van der Waals surface area contributed by atoms with E-state index in [0.29, 0.717) is 24.8 Å². The smallest absolute Gasteiger partial charge is 0.319 e. The van der Waals surface area contributed by atoms with Crippen LogP contribution in [0, 0.1) is 12.8 Å². The van der Waals surface area contributed by atoms with Crippen LogP contribution in [0.5, 0.6) is 11.5 Å². The van der Waals surface area contributed by atoms with Gasteiger partial charge in [0.1, 0.15) is 18.1 Å². The maximum Gasteiger partial charge on any atom is 0.319 e. The fourth-order valence-electron chi connectivity index (χ4n) is 3.73. The first-order valence-electron chi connectivity index (χ1n) is 10.3. The molecule has 4 rings (SSSR count). The topological polar surface area (TPSA) is 68.8 Å². The van der Waals surface area contributed by atoms with E-state index in [4.69, 9.17) is 14.2 Å². The van der Waals surface area contributed by atoms with Crippen LogP contribution in [0.1, 0.15) is 24.0 Å². The fourth-order valence-corrected chi connectivity index (χ4v) is 3.73. The summed E-state index contributed by atoms with van der Waals surface area (Å²) in [6, 6.07) is 13.4. The molecule has 1 saturated heterocycles. The van der Waals surface area contributed by atoms with Gasteiger partial charge in [0, 0.05) is 25.0 Å². The highest BCUT2D eigenvalue weighted by Gasteiger charge is 2.21. The van der Waals surface area contributed by atoms with Crippen LogP contribution in [0.4, 0.5) is 10.5 Å². The number of aryl methyl sites for hydroxylation is 1. The number of benzene rings is 2. The van der Waals surface area contributed by atoms with Crippen LogP contribution in [0.3, 0.4) is 0 Å². The third-order valence-corrected chi connectivity index (χ3v) is 5.48. The minimum absolute atomic E-state index is 0.0559. The minimum Gasteiger partial charge on any atom is -0.493 e. The first-order valence-corrected chi connectivity index (χ1v) is 10.3. The molecule has 0 aliphatic carbocycles. The number of nitrogens with one attached hydrogen (secondary N) is 2. The monoisotopic (exact) mass is 396 g/mol. The first kappa shape index (κ1) is 19.6. The predicted octanol–water partition coefficient (Wildman–Crippen LogP) is 3.93. The number of rotatable bonds is 5. The zero-order valence-electron chi connectivity index (χ0n) is 16.8. The van der Waals surface area contributed by atoms with Crippen molar-refractivity contribution in [2.75, 3.05) is 31.7 Å². The fraction of sp³-hybridized carbons (Fsp3) is 0.435. The van der Waals surface area contributed by atoms with Crippen molar-refractivity contribution in [2.45, 2.75) is 32.2 Å². The molecule has 0 bridgehead atoms. The second-order valence-corrected chi connectivity index (χ2v) is 7.77. The van der Waals surface area contributed by atoms with Crippen molar-refractivity contribution < 1.29 is 19.0 Å². The molecule has 0 radical (unpaired) electrons. The molecule has 0 saturated carbocycles. The molecule has 2 aromatic carbocycles. The molecular weight excluding hydrogens is 368 g/mol. The summed E-state index contributed by atoms with van der Waals surface area (Å²) >= 11 is 0. The maximum absolute atomic E-state index is 12.5. The van der Waals surface area contributed by atoms with Crippen LogP contribution in [0.25, 0.3) is 0 Å². The van der Waals surface area contributed by atoms with Crippen molar-refractivity contribution in [3.8, 4) is 11.5 Å². The van der Waals surface area contributed by atoms with Crippen molar-refractivity contribution in [1.29, 1.82) is 0 Å². The summed E-state index contributed by atoms with van der Waals surface area (Å²) in [6.07, 6.45) is 2.83. The zero-order chi connectivity index (χ0) is 20.1. The number of carbonyl (C=O) groups is 1. The molecule has 0 spiro atoms. The van der Waals surface area contributed by atoms with Gasteiger partial charge >= 0.3 is 6.03 Å². The summed E-state index contributed by atoms with van der Waals surface area (Å²) < 4.78 is 17.2. The van der Waals surface area contributed by atoms with Crippen molar-refractivity contribution in [2.24, 2.45) is 5.92 Å². The summed E-state index contributed by atoms with van der Waals surface area (Å²) in [5.41, 5.74) is 2.88. The summed E-state index contributed by atoms with van der Waals surface area (Å²) in [6.45, 7) is 4.78. The summed E-state index contributed by atoms with van der Waals surface area (Å²) in [4.78, 5) is 12.5. The molecule has 1 unspecified atom stereocenters. The largest absolute Gasteiger partial charge is 0.493 e. The number of ether oxygens (including phenoxy) is 3. The Labute approximate surface area is 171 Å². The Morgan fingerprint density at radius 3 is 2.86 bits per heavy atom. The number of carbonyl (C=O) groups excluding carboxylic acids is 1. The molecule has 2 aliphatic rings. The van der Waals surface area contributed by atoms with Crippen molar-refractivity contribution >= 4 is 11.7 Å². The van der Waals surface area contributed by atoms with Crippen LogP contribution in [-0.4, -0.2) is 38.5 Å². The van der Waals surface area contributed by atoms with E-state index in [0.717, 1.165) is 55.1 Å². The Morgan fingerprint density at radius 2 is 2.00 bits per heavy atom. The van der Waals surface area contributed by atoms with Crippen molar-refractivity contribution in [1.82, 2.24) is 5.32 Å². The molecule has 2 aliphatic heterocycles. The highest BCUT2D eigenvalue weighted by molar-refractivity contribution is 5.89.